The molecular formula is C9H17NO2. The molecule has 0 radical (unpaired) electrons. The van der Waals surface area contributed by atoms with Gasteiger partial charge in [0.05, 0.1) is 6.10 Å². The summed E-state index contributed by atoms with van der Waals surface area (Å²) in [6.45, 7) is 5.64. The van der Waals surface area contributed by atoms with Crippen molar-refractivity contribution in [2.45, 2.75) is 26.4 Å². The summed E-state index contributed by atoms with van der Waals surface area (Å²) in [4.78, 5) is 13.2. The molecule has 1 saturated heterocycles. The molecule has 1 aliphatic heterocycles. The molecule has 0 spiro atoms. The van der Waals surface area contributed by atoms with Gasteiger partial charge in [-0.15, -0.1) is 0 Å². The maximum absolute atomic E-state index is 11.3. The van der Waals surface area contributed by atoms with Crippen molar-refractivity contribution < 1.29 is 9.53 Å². The summed E-state index contributed by atoms with van der Waals surface area (Å²) in [5, 5.41) is 0. The minimum atomic E-state index is 0.237. The van der Waals surface area contributed by atoms with E-state index < -0.39 is 0 Å². The summed E-state index contributed by atoms with van der Waals surface area (Å²) in [6, 6.07) is 0. The average molecular weight is 171 g/mol. The highest BCUT2D eigenvalue weighted by Gasteiger charge is 2.31. The molecule has 0 aromatic rings. The van der Waals surface area contributed by atoms with Crippen LogP contribution in [0.1, 0.15) is 20.3 Å². The molecular weight excluding hydrogens is 154 g/mol. The fourth-order valence-electron chi connectivity index (χ4n) is 1.67. The van der Waals surface area contributed by atoms with E-state index in [4.69, 9.17) is 4.74 Å². The number of hydrogen-bond acceptors (Lipinski definition) is 2. The molecule has 2 atom stereocenters. The number of nitrogens with zero attached hydrogens (tertiary/aromatic N) is 1. The molecule has 0 bridgehead atoms. The van der Waals surface area contributed by atoms with Gasteiger partial charge in [-0.05, 0) is 0 Å². The molecule has 1 rings (SSSR count). The van der Waals surface area contributed by atoms with E-state index in [0.29, 0.717) is 12.3 Å². The zero-order valence-corrected chi connectivity index (χ0v) is 8.04. The van der Waals surface area contributed by atoms with Gasteiger partial charge in [-0.3, -0.25) is 4.79 Å². The van der Waals surface area contributed by atoms with Crippen LogP contribution in [-0.2, 0) is 9.53 Å². The summed E-state index contributed by atoms with van der Waals surface area (Å²) in [5.74, 6) is 0.715. The van der Waals surface area contributed by atoms with Gasteiger partial charge in [-0.25, -0.2) is 0 Å². The quantitative estimate of drug-likeness (QED) is 0.617. The Balaban J connectivity index is 2.48. The van der Waals surface area contributed by atoms with Crippen molar-refractivity contribution in [1.29, 1.82) is 0 Å². The molecule has 0 aromatic heterocycles. The Morgan fingerprint density at radius 2 is 2.25 bits per heavy atom. The first-order valence-corrected chi connectivity index (χ1v) is 4.49. The summed E-state index contributed by atoms with van der Waals surface area (Å²) < 4.78 is 5.25. The Kier molecular flexibility index (Phi) is 3.09. The third-order valence-corrected chi connectivity index (χ3v) is 2.50. The number of methoxy groups -OCH3 is 1. The highest BCUT2D eigenvalue weighted by Crippen LogP contribution is 2.19. The first-order valence-electron chi connectivity index (χ1n) is 4.49. The Bertz CT molecular complexity index is 170. The summed E-state index contributed by atoms with van der Waals surface area (Å²) in [7, 11) is 1.71. The van der Waals surface area contributed by atoms with Crippen molar-refractivity contribution in [3.63, 3.8) is 0 Å². The van der Waals surface area contributed by atoms with E-state index in [2.05, 4.69) is 6.92 Å². The predicted octanol–water partition coefficient (Wildman–Crippen LogP) is 0.890. The van der Waals surface area contributed by atoms with Crippen LogP contribution in [-0.4, -0.2) is 37.1 Å². The van der Waals surface area contributed by atoms with Gasteiger partial charge in [-0.1, -0.05) is 13.8 Å². The van der Waals surface area contributed by atoms with Crippen molar-refractivity contribution >= 4 is 5.91 Å². The van der Waals surface area contributed by atoms with Crippen molar-refractivity contribution in [1.82, 2.24) is 4.90 Å². The number of ether oxygens (including phenoxy) is 1. The molecule has 12 heavy (non-hydrogen) atoms. The molecule has 0 unspecified atom stereocenters. The van der Waals surface area contributed by atoms with E-state index in [1.807, 2.05) is 11.8 Å². The van der Waals surface area contributed by atoms with E-state index >= 15 is 0 Å². The molecule has 1 heterocycles. The smallest absolute Gasteiger partial charge is 0.222 e. The van der Waals surface area contributed by atoms with Crippen LogP contribution in [0.2, 0.25) is 0 Å². The van der Waals surface area contributed by atoms with Crippen molar-refractivity contribution in [2.24, 2.45) is 5.92 Å². The van der Waals surface area contributed by atoms with Gasteiger partial charge in [0.2, 0.25) is 5.91 Å². The van der Waals surface area contributed by atoms with Crippen LogP contribution in [0.3, 0.4) is 0 Å². The van der Waals surface area contributed by atoms with E-state index in [-0.39, 0.29) is 12.0 Å². The van der Waals surface area contributed by atoms with Gasteiger partial charge in [0.15, 0.2) is 0 Å². The average Bonchev–Trinajstić information content (AvgIpc) is 2.45. The van der Waals surface area contributed by atoms with Gasteiger partial charge < -0.3 is 9.64 Å². The fraction of sp³-hybridized carbons (Fsp3) is 0.889. The van der Waals surface area contributed by atoms with Crippen LogP contribution < -0.4 is 0 Å². The second-order valence-corrected chi connectivity index (χ2v) is 3.40. The van der Waals surface area contributed by atoms with Crippen molar-refractivity contribution in [2.75, 3.05) is 20.2 Å². The number of hydrogen-bond donors (Lipinski definition) is 0. The van der Waals surface area contributed by atoms with E-state index in [0.717, 1.165) is 13.1 Å². The zero-order chi connectivity index (χ0) is 9.14. The molecule has 1 amide bonds. The summed E-state index contributed by atoms with van der Waals surface area (Å²) >= 11 is 0. The molecule has 0 aliphatic carbocycles. The third kappa shape index (κ3) is 1.78. The van der Waals surface area contributed by atoms with Crippen LogP contribution in [0.5, 0.6) is 0 Å². The number of carbonyl (C=O) groups is 1. The lowest BCUT2D eigenvalue weighted by Gasteiger charge is -2.14. The van der Waals surface area contributed by atoms with Gasteiger partial charge in [0.1, 0.15) is 0 Å². The largest absolute Gasteiger partial charge is 0.379 e. The predicted molar refractivity (Wildman–Crippen MR) is 46.8 cm³/mol. The van der Waals surface area contributed by atoms with Crippen LogP contribution >= 0.6 is 0 Å². The normalized spacial score (nSPS) is 29.4. The van der Waals surface area contributed by atoms with E-state index in [9.17, 15) is 4.79 Å². The van der Waals surface area contributed by atoms with Gasteiger partial charge in [0.25, 0.3) is 0 Å². The number of rotatable bonds is 2. The van der Waals surface area contributed by atoms with Crippen molar-refractivity contribution in [3.8, 4) is 0 Å². The fourth-order valence-corrected chi connectivity index (χ4v) is 1.67. The van der Waals surface area contributed by atoms with E-state index in [1.165, 1.54) is 0 Å². The molecule has 3 heteroatoms. The molecule has 1 fully saturated rings. The first-order chi connectivity index (χ1) is 5.69. The standard InChI is InChI=1S/C9H17NO2/c1-4-9(11)10-5-7(2)8(6-10)12-3/h7-8H,4-6H2,1-3H3/t7-,8-/m1/s1. The third-order valence-electron chi connectivity index (χ3n) is 2.50. The maximum Gasteiger partial charge on any atom is 0.222 e. The lowest BCUT2D eigenvalue weighted by atomic mass is 10.1. The lowest BCUT2D eigenvalue weighted by molar-refractivity contribution is -0.130. The molecule has 1 aliphatic rings. The Morgan fingerprint density at radius 1 is 1.58 bits per heavy atom. The molecule has 0 N–H and O–H groups in total. The molecule has 3 nitrogen and oxygen atoms in total. The second-order valence-electron chi connectivity index (χ2n) is 3.40. The van der Waals surface area contributed by atoms with Crippen LogP contribution in [0.15, 0.2) is 0 Å². The summed E-state index contributed by atoms with van der Waals surface area (Å²) in [5.41, 5.74) is 0. The minimum absolute atomic E-state index is 0.237. The lowest BCUT2D eigenvalue weighted by Crippen LogP contribution is -2.29. The Hall–Kier alpha value is -0.570. The summed E-state index contributed by atoms with van der Waals surface area (Å²) in [6.07, 6.45) is 0.837. The van der Waals surface area contributed by atoms with Crippen LogP contribution in [0, 0.1) is 5.92 Å². The Morgan fingerprint density at radius 3 is 2.67 bits per heavy atom. The first kappa shape index (κ1) is 9.52. The number of carbonyl (C=O) groups excluding carboxylic acids is 1. The monoisotopic (exact) mass is 171 g/mol. The molecule has 0 aromatic carbocycles. The number of amides is 1. The second kappa shape index (κ2) is 3.90. The topological polar surface area (TPSA) is 29.5 Å². The Labute approximate surface area is 73.7 Å². The molecule has 70 valence electrons. The molecule has 0 saturated carbocycles. The maximum atomic E-state index is 11.3. The SMILES string of the molecule is CCC(=O)N1C[C@@H](C)[C@H](OC)C1. The zero-order valence-electron chi connectivity index (χ0n) is 8.04. The van der Waals surface area contributed by atoms with Crippen molar-refractivity contribution in [3.05, 3.63) is 0 Å². The number of likely N-dealkylation sites (tertiary alicyclic amines) is 1. The highest BCUT2D eigenvalue weighted by molar-refractivity contribution is 5.76. The van der Waals surface area contributed by atoms with Gasteiger partial charge >= 0.3 is 0 Å². The van der Waals surface area contributed by atoms with E-state index in [1.54, 1.807) is 7.11 Å². The van der Waals surface area contributed by atoms with Crippen LogP contribution in [0.25, 0.3) is 0 Å². The highest BCUT2D eigenvalue weighted by atomic mass is 16.5. The van der Waals surface area contributed by atoms with Crippen LogP contribution in [0.4, 0.5) is 0 Å². The van der Waals surface area contributed by atoms with Gasteiger partial charge in [0, 0.05) is 32.5 Å². The minimum Gasteiger partial charge on any atom is -0.379 e. The van der Waals surface area contributed by atoms with Gasteiger partial charge in [-0.2, -0.15) is 0 Å².